The number of benzene rings is 2. The highest BCUT2D eigenvalue weighted by Gasteiger charge is 2.33. The van der Waals surface area contributed by atoms with Gasteiger partial charge in [-0.1, -0.05) is 23.7 Å². The normalized spacial score (nSPS) is 11.6. The van der Waals surface area contributed by atoms with E-state index in [1.54, 1.807) is 10.9 Å². The molecule has 0 aliphatic carbocycles. The number of halogens is 5. The number of nitrogens with zero attached hydrogens (tertiary/aromatic N) is 2. The lowest BCUT2D eigenvalue weighted by molar-refractivity contribution is -0.137. The molecule has 0 bridgehead atoms. The molecule has 0 aliphatic rings. The fraction of sp³-hybridized carbons (Fsp3) is 0.118. The van der Waals surface area contributed by atoms with Gasteiger partial charge in [-0.05, 0) is 46.3 Å². The molecule has 1 aromatic heterocycles. The van der Waals surface area contributed by atoms with Gasteiger partial charge in [-0.3, -0.25) is 4.68 Å². The van der Waals surface area contributed by atoms with E-state index in [2.05, 4.69) is 26.3 Å². The molecule has 2 aromatic carbocycles. The molecular weight excluding hydrogens is 419 g/mol. The standard InChI is InChI=1S/C17H12BrClF3N3/c1-25-16(14(18)9-23-25)10-3-2-4-11(7-10)24-12-5-6-13(15(19)8-12)17(20,21)22/h2-9,24H,1H3. The largest absolute Gasteiger partial charge is 0.417 e. The second-order valence-electron chi connectivity index (χ2n) is 5.36. The van der Waals surface area contributed by atoms with Crippen molar-refractivity contribution in [3.05, 3.63) is 63.7 Å². The van der Waals surface area contributed by atoms with Crippen LogP contribution in [0.15, 0.2) is 53.1 Å². The van der Waals surface area contributed by atoms with Crippen molar-refractivity contribution in [1.29, 1.82) is 0 Å². The van der Waals surface area contributed by atoms with Gasteiger partial charge < -0.3 is 5.32 Å². The van der Waals surface area contributed by atoms with Crippen LogP contribution in [0.25, 0.3) is 11.3 Å². The quantitative estimate of drug-likeness (QED) is 0.531. The van der Waals surface area contributed by atoms with E-state index < -0.39 is 11.7 Å². The molecule has 8 heteroatoms. The summed E-state index contributed by atoms with van der Waals surface area (Å²) in [5, 5.41) is 6.90. The van der Waals surface area contributed by atoms with Gasteiger partial charge >= 0.3 is 6.18 Å². The maximum Gasteiger partial charge on any atom is 0.417 e. The van der Waals surface area contributed by atoms with Crippen molar-refractivity contribution in [2.24, 2.45) is 7.05 Å². The molecule has 0 aliphatic heterocycles. The summed E-state index contributed by atoms with van der Waals surface area (Å²) in [7, 11) is 1.83. The average molecular weight is 431 g/mol. The van der Waals surface area contributed by atoms with Gasteiger partial charge in [0, 0.05) is 24.0 Å². The Morgan fingerprint density at radius 2 is 1.84 bits per heavy atom. The number of hydrogen-bond acceptors (Lipinski definition) is 2. The predicted molar refractivity (Wildman–Crippen MR) is 96.1 cm³/mol. The molecule has 25 heavy (non-hydrogen) atoms. The van der Waals surface area contributed by atoms with E-state index in [9.17, 15) is 13.2 Å². The van der Waals surface area contributed by atoms with Gasteiger partial charge in [0.2, 0.25) is 0 Å². The van der Waals surface area contributed by atoms with Crippen molar-refractivity contribution < 1.29 is 13.2 Å². The Morgan fingerprint density at radius 1 is 1.12 bits per heavy atom. The lowest BCUT2D eigenvalue weighted by atomic mass is 10.1. The number of anilines is 2. The van der Waals surface area contributed by atoms with Crippen LogP contribution in [0.1, 0.15) is 5.56 Å². The van der Waals surface area contributed by atoms with Crippen LogP contribution < -0.4 is 5.32 Å². The monoisotopic (exact) mass is 429 g/mol. The van der Waals surface area contributed by atoms with Crippen molar-refractivity contribution in [3.63, 3.8) is 0 Å². The summed E-state index contributed by atoms with van der Waals surface area (Å²) in [5.74, 6) is 0. The zero-order valence-electron chi connectivity index (χ0n) is 12.9. The molecule has 1 N–H and O–H groups in total. The van der Waals surface area contributed by atoms with Crippen molar-refractivity contribution in [1.82, 2.24) is 9.78 Å². The predicted octanol–water partition coefficient (Wildman–Crippen LogP) is 6.27. The van der Waals surface area contributed by atoms with E-state index in [4.69, 9.17) is 11.6 Å². The highest BCUT2D eigenvalue weighted by atomic mass is 79.9. The molecule has 1 heterocycles. The summed E-state index contributed by atoms with van der Waals surface area (Å²) in [4.78, 5) is 0. The molecule has 0 fully saturated rings. The average Bonchev–Trinajstić information content (AvgIpc) is 2.85. The molecule has 0 saturated carbocycles. The van der Waals surface area contributed by atoms with Gasteiger partial charge in [0.15, 0.2) is 0 Å². The van der Waals surface area contributed by atoms with Gasteiger partial charge in [0.25, 0.3) is 0 Å². The third-order valence-electron chi connectivity index (χ3n) is 3.59. The minimum absolute atomic E-state index is 0.344. The minimum Gasteiger partial charge on any atom is -0.355 e. The van der Waals surface area contributed by atoms with Crippen LogP contribution in [0.4, 0.5) is 24.5 Å². The van der Waals surface area contributed by atoms with Gasteiger partial charge in [0.1, 0.15) is 0 Å². The third kappa shape index (κ3) is 3.82. The van der Waals surface area contributed by atoms with Gasteiger partial charge in [-0.25, -0.2) is 0 Å². The Labute approximate surface area is 155 Å². The minimum atomic E-state index is -4.47. The Morgan fingerprint density at radius 3 is 2.44 bits per heavy atom. The number of aromatic nitrogens is 2. The summed E-state index contributed by atoms with van der Waals surface area (Å²) in [6.07, 6.45) is -2.77. The molecule has 3 rings (SSSR count). The molecule has 0 spiro atoms. The third-order valence-corrected chi connectivity index (χ3v) is 4.49. The summed E-state index contributed by atoms with van der Waals surface area (Å²) >= 11 is 9.21. The molecule has 3 aromatic rings. The highest BCUT2D eigenvalue weighted by molar-refractivity contribution is 9.10. The topological polar surface area (TPSA) is 29.9 Å². The number of nitrogens with one attached hydrogen (secondary N) is 1. The molecule has 3 nitrogen and oxygen atoms in total. The first-order chi connectivity index (χ1) is 11.8. The van der Waals surface area contributed by atoms with Crippen molar-refractivity contribution >= 4 is 38.9 Å². The first kappa shape index (κ1) is 17.8. The molecule has 0 radical (unpaired) electrons. The smallest absolute Gasteiger partial charge is 0.355 e. The fourth-order valence-corrected chi connectivity index (χ4v) is 3.33. The fourth-order valence-electron chi connectivity index (χ4n) is 2.47. The summed E-state index contributed by atoms with van der Waals surface area (Å²) in [6.45, 7) is 0. The van der Waals surface area contributed by atoms with Crippen LogP contribution in [0.3, 0.4) is 0 Å². The van der Waals surface area contributed by atoms with Gasteiger partial charge in [-0.2, -0.15) is 18.3 Å². The molecular formula is C17H12BrClF3N3. The number of rotatable bonds is 3. The summed E-state index contributed by atoms with van der Waals surface area (Å²) < 4.78 is 40.9. The van der Waals surface area contributed by atoms with E-state index in [-0.39, 0.29) is 5.02 Å². The van der Waals surface area contributed by atoms with Crippen molar-refractivity contribution in [2.75, 3.05) is 5.32 Å². The Hall–Kier alpha value is -1.99. The van der Waals surface area contributed by atoms with Crippen LogP contribution in [-0.2, 0) is 13.2 Å². The van der Waals surface area contributed by atoms with Crippen molar-refractivity contribution in [3.8, 4) is 11.3 Å². The van der Waals surface area contributed by atoms with Crippen LogP contribution in [0.2, 0.25) is 5.02 Å². The molecule has 0 saturated heterocycles. The number of alkyl halides is 3. The summed E-state index contributed by atoms with van der Waals surface area (Å²) in [5.41, 5.74) is 2.15. The van der Waals surface area contributed by atoms with E-state index in [1.165, 1.54) is 12.1 Å². The van der Waals surface area contributed by atoms with Crippen LogP contribution in [0.5, 0.6) is 0 Å². The molecule has 0 unspecified atom stereocenters. The molecule has 130 valence electrons. The Bertz CT molecular complexity index is 902. The lowest BCUT2D eigenvalue weighted by Gasteiger charge is -2.12. The van der Waals surface area contributed by atoms with E-state index in [0.29, 0.717) is 5.69 Å². The van der Waals surface area contributed by atoms with E-state index >= 15 is 0 Å². The highest BCUT2D eigenvalue weighted by Crippen LogP contribution is 2.36. The van der Waals surface area contributed by atoms with Crippen molar-refractivity contribution in [2.45, 2.75) is 6.18 Å². The molecule has 0 amide bonds. The van der Waals surface area contributed by atoms with Gasteiger partial charge in [-0.15, -0.1) is 0 Å². The SMILES string of the molecule is Cn1ncc(Br)c1-c1cccc(Nc2ccc(C(F)(F)F)c(Cl)c2)c1. The van der Waals surface area contributed by atoms with E-state index in [0.717, 1.165) is 27.5 Å². The second kappa shape index (κ2) is 6.72. The molecule has 0 atom stereocenters. The van der Waals surface area contributed by atoms with Crippen LogP contribution >= 0.6 is 27.5 Å². The maximum atomic E-state index is 12.8. The summed E-state index contributed by atoms with van der Waals surface area (Å²) in [6, 6.07) is 11.0. The zero-order chi connectivity index (χ0) is 18.2. The van der Waals surface area contributed by atoms with Gasteiger partial charge in [0.05, 0.1) is 26.9 Å². The number of hydrogen-bond donors (Lipinski definition) is 1. The first-order valence-corrected chi connectivity index (χ1v) is 8.34. The Balaban J connectivity index is 1.90. The first-order valence-electron chi connectivity index (χ1n) is 7.17. The zero-order valence-corrected chi connectivity index (χ0v) is 15.2. The Kier molecular flexibility index (Phi) is 4.79. The van der Waals surface area contributed by atoms with Crippen LogP contribution in [-0.4, -0.2) is 9.78 Å². The van der Waals surface area contributed by atoms with E-state index in [1.807, 2.05) is 31.3 Å². The number of aryl methyl sites for hydroxylation is 1. The van der Waals surface area contributed by atoms with Crippen LogP contribution in [0, 0.1) is 0 Å². The lowest BCUT2D eigenvalue weighted by Crippen LogP contribution is -2.06. The maximum absolute atomic E-state index is 12.8. The second-order valence-corrected chi connectivity index (χ2v) is 6.62.